The van der Waals surface area contributed by atoms with Crippen LogP contribution in [0.2, 0.25) is 0 Å². The Kier molecular flexibility index (Phi) is 24.3. The molecule has 0 aliphatic heterocycles. The number of aromatic nitrogens is 6. The van der Waals surface area contributed by atoms with Crippen molar-refractivity contribution >= 4 is 10.9 Å². The van der Waals surface area contributed by atoms with Crippen LogP contribution >= 0.6 is 0 Å². The molecule has 517 valence electrons. The number of nitrogens with zero attached hydrogens (tertiary/aromatic N) is 6. The van der Waals surface area contributed by atoms with Crippen LogP contribution in [0.15, 0.2) is 243 Å². The first-order valence-electron chi connectivity index (χ1n) is 34.3. The molecule has 0 fully saturated rings. The second kappa shape index (κ2) is 31.9. The van der Waals surface area contributed by atoms with E-state index in [4.69, 9.17) is 19.9 Å². The van der Waals surface area contributed by atoms with Crippen molar-refractivity contribution in [2.24, 2.45) is 0 Å². The summed E-state index contributed by atoms with van der Waals surface area (Å²) in [5, 5.41) is 1.26. The molecule has 0 atom stereocenters. The Morgan fingerprint density at radius 1 is 0.297 bits per heavy atom. The van der Waals surface area contributed by atoms with Crippen molar-refractivity contribution in [2.75, 3.05) is 0 Å². The standard InChI is InChI=1S/C37H36N.C34H33N4.C21H20N.3Ir/c1-36(2,3)33-17-13-26(14-18-33)30-23-31(27-15-19-34(20-16-27)37(4,5)6)25-32(24-30)28-10-9-11-29(22-28)35-12-7-8-21-38-35;1-33(2,3)27-17-12-24(13-18-27)30-36-31(25-14-19-28(20-15-25)34(4,5)6)38-32(37-30)26-16-21-29(35-22-26)23-10-8-7-9-11-23;1-21(2,3)17-10-11-19-16(13-17)12-15-9-8-14-6-4-5-7-18(14)20(15)22-19;;;/h7-10,12-25H,1-6H3;7-10,12-22H,1-6H3;4-6,10-13H,8-9H2,1-3H3;;;/q3*-1;;;. The van der Waals surface area contributed by atoms with Gasteiger partial charge < -0.3 is 9.97 Å². The number of benzene rings is 9. The Hall–Kier alpha value is -8.35. The number of aryl methyl sites for hydroxylation is 2. The van der Waals surface area contributed by atoms with E-state index < -0.39 is 0 Å². The summed E-state index contributed by atoms with van der Waals surface area (Å²) in [6.07, 6.45) is 5.82. The minimum absolute atomic E-state index is 0. The Labute approximate surface area is 641 Å². The van der Waals surface area contributed by atoms with Crippen molar-refractivity contribution in [1.29, 1.82) is 0 Å². The van der Waals surface area contributed by atoms with E-state index in [9.17, 15) is 0 Å². The molecule has 1 aliphatic rings. The van der Waals surface area contributed by atoms with E-state index in [0.717, 1.165) is 68.8 Å². The van der Waals surface area contributed by atoms with Crippen LogP contribution in [0.25, 0.3) is 112 Å². The van der Waals surface area contributed by atoms with Crippen molar-refractivity contribution in [3.8, 4) is 101 Å². The average Bonchev–Trinajstić information content (AvgIpc) is 0.769. The normalized spacial score (nSPS) is 12.0. The molecule has 0 amide bonds. The van der Waals surface area contributed by atoms with E-state index in [0.29, 0.717) is 17.5 Å². The average molecular weight is 1860 g/mol. The molecule has 13 aromatic rings. The zero-order valence-electron chi connectivity index (χ0n) is 60.7. The number of pyridine rings is 3. The molecular weight excluding hydrogens is 1770 g/mol. The molecule has 0 N–H and O–H groups in total. The third kappa shape index (κ3) is 18.7. The molecule has 9 heteroatoms. The molecular formula is C92H89Ir3N6-3. The zero-order chi connectivity index (χ0) is 69.2. The van der Waals surface area contributed by atoms with Crippen molar-refractivity contribution in [3.05, 3.63) is 300 Å². The molecule has 101 heavy (non-hydrogen) atoms. The molecule has 0 bridgehead atoms. The van der Waals surface area contributed by atoms with Gasteiger partial charge in [-0.2, -0.15) is 0 Å². The summed E-state index contributed by atoms with van der Waals surface area (Å²) in [5.41, 5.74) is 27.0. The summed E-state index contributed by atoms with van der Waals surface area (Å²) >= 11 is 0. The summed E-state index contributed by atoms with van der Waals surface area (Å²) in [6.45, 7) is 33.6. The zero-order valence-corrected chi connectivity index (χ0v) is 67.9. The molecule has 14 rings (SSSR count). The number of rotatable bonds is 8. The third-order valence-corrected chi connectivity index (χ3v) is 18.4. The second-order valence-electron chi connectivity index (χ2n) is 31.1. The van der Waals surface area contributed by atoms with E-state index in [1.54, 1.807) is 0 Å². The first-order valence-corrected chi connectivity index (χ1v) is 34.3. The van der Waals surface area contributed by atoms with Gasteiger partial charge in [-0.3, -0.25) is 4.98 Å². The topological polar surface area (TPSA) is 77.3 Å². The summed E-state index contributed by atoms with van der Waals surface area (Å²) in [6, 6.07) is 91.4. The van der Waals surface area contributed by atoms with Gasteiger partial charge in [0.25, 0.3) is 0 Å². The maximum absolute atomic E-state index is 4.95. The monoisotopic (exact) mass is 1860 g/mol. The van der Waals surface area contributed by atoms with Crippen LogP contribution in [0.4, 0.5) is 0 Å². The van der Waals surface area contributed by atoms with Crippen LogP contribution in [0.1, 0.15) is 143 Å². The fraction of sp³-hybridized carbons (Fsp3) is 0.239. The van der Waals surface area contributed by atoms with Crippen LogP contribution in [0.5, 0.6) is 0 Å². The number of fused-ring (bicyclic) bond motifs is 4. The molecule has 9 aromatic carbocycles. The fourth-order valence-electron chi connectivity index (χ4n) is 12.3. The molecule has 4 heterocycles. The van der Waals surface area contributed by atoms with Crippen molar-refractivity contribution < 1.29 is 60.3 Å². The van der Waals surface area contributed by atoms with Gasteiger partial charge in [-0.25, -0.2) is 15.0 Å². The van der Waals surface area contributed by atoms with Gasteiger partial charge in [0.2, 0.25) is 0 Å². The maximum atomic E-state index is 4.95. The van der Waals surface area contributed by atoms with Crippen LogP contribution in [0, 0.1) is 18.2 Å². The van der Waals surface area contributed by atoms with Gasteiger partial charge in [-0.1, -0.05) is 249 Å². The van der Waals surface area contributed by atoms with E-state index in [2.05, 4.69) is 296 Å². The Bertz CT molecular complexity index is 4770. The quantitative estimate of drug-likeness (QED) is 0.141. The van der Waals surface area contributed by atoms with Crippen molar-refractivity contribution in [3.63, 3.8) is 0 Å². The van der Waals surface area contributed by atoms with Gasteiger partial charge >= 0.3 is 0 Å². The van der Waals surface area contributed by atoms with Crippen LogP contribution in [0.3, 0.4) is 0 Å². The van der Waals surface area contributed by atoms with Gasteiger partial charge in [0.15, 0.2) is 17.5 Å². The van der Waals surface area contributed by atoms with Crippen LogP contribution in [-0.2, 0) is 100 Å². The summed E-state index contributed by atoms with van der Waals surface area (Å²) in [7, 11) is 0. The number of hydrogen-bond acceptors (Lipinski definition) is 6. The summed E-state index contributed by atoms with van der Waals surface area (Å²) in [5.74, 6) is 1.89. The van der Waals surface area contributed by atoms with Crippen molar-refractivity contribution in [2.45, 2.75) is 144 Å². The van der Waals surface area contributed by atoms with Crippen LogP contribution in [-0.4, -0.2) is 29.9 Å². The fourth-order valence-corrected chi connectivity index (χ4v) is 12.3. The molecule has 3 radical (unpaired) electrons. The molecule has 6 nitrogen and oxygen atoms in total. The van der Waals surface area contributed by atoms with Gasteiger partial charge in [0, 0.05) is 89.4 Å². The molecule has 0 spiro atoms. The molecule has 0 saturated carbocycles. The predicted octanol–water partition coefficient (Wildman–Crippen LogP) is 23.6. The van der Waals surface area contributed by atoms with Crippen LogP contribution < -0.4 is 0 Å². The smallest absolute Gasteiger partial charge is 0.165 e. The van der Waals surface area contributed by atoms with E-state index >= 15 is 0 Å². The van der Waals surface area contributed by atoms with Gasteiger partial charge in [-0.15, -0.1) is 107 Å². The SMILES string of the molecule is CC(C)(C)c1ccc(-c2cc(-c3ccc(C(C)(C)C)cc3)cc(-c3cc[c-]c(-c4ccccn4)c3)c2)cc1.CC(C)(C)c1ccc(-c2nc(-c3ccc(C(C)(C)C)cc3)nc(-c3ccc(-c4[c-]cccc4)nc3)n2)cc1.CC(C)(C)c1ccc2nc3c(cc2c1)CCc1ccc[c-]c1-3.[Ir].[Ir].[Ir]. The third-order valence-electron chi connectivity index (χ3n) is 18.4. The van der Waals surface area contributed by atoms with Gasteiger partial charge in [0.1, 0.15) is 0 Å². The first kappa shape index (κ1) is 76.8. The van der Waals surface area contributed by atoms with Gasteiger partial charge in [-0.05, 0) is 148 Å². The molecule has 4 aromatic heterocycles. The first-order chi connectivity index (χ1) is 46.7. The largest absolute Gasteiger partial charge is 0.305 e. The Morgan fingerprint density at radius 3 is 1.22 bits per heavy atom. The van der Waals surface area contributed by atoms with Gasteiger partial charge in [0.05, 0.1) is 5.52 Å². The Balaban J connectivity index is 0.000000180. The Morgan fingerprint density at radius 2 is 0.743 bits per heavy atom. The molecule has 0 unspecified atom stereocenters. The second-order valence-corrected chi connectivity index (χ2v) is 31.1. The number of hydrogen-bond donors (Lipinski definition) is 0. The minimum atomic E-state index is 0. The van der Waals surface area contributed by atoms with E-state index in [-0.39, 0.29) is 87.4 Å². The van der Waals surface area contributed by atoms with E-state index in [1.807, 2.05) is 79.1 Å². The van der Waals surface area contributed by atoms with Crippen molar-refractivity contribution in [1.82, 2.24) is 29.9 Å². The summed E-state index contributed by atoms with van der Waals surface area (Å²) < 4.78 is 0. The van der Waals surface area contributed by atoms with E-state index in [1.165, 1.54) is 77.7 Å². The molecule has 1 aliphatic carbocycles. The minimum Gasteiger partial charge on any atom is -0.305 e. The molecule has 0 saturated heterocycles. The predicted molar refractivity (Wildman–Crippen MR) is 410 cm³/mol. The maximum Gasteiger partial charge on any atom is 0.165 e. The summed E-state index contributed by atoms with van der Waals surface area (Å²) in [4.78, 5) is 28.8.